The van der Waals surface area contributed by atoms with Crippen LogP contribution in [0, 0.1) is 12.7 Å². The van der Waals surface area contributed by atoms with Crippen molar-refractivity contribution in [3.8, 4) is 21.9 Å². The van der Waals surface area contributed by atoms with Gasteiger partial charge in [-0.25, -0.2) is 4.39 Å². The van der Waals surface area contributed by atoms with Gasteiger partial charge in [0.2, 0.25) is 0 Å². The van der Waals surface area contributed by atoms with Gasteiger partial charge in [0.15, 0.2) is 5.76 Å². The van der Waals surface area contributed by atoms with Gasteiger partial charge in [0.1, 0.15) is 22.9 Å². The highest BCUT2D eigenvalue weighted by molar-refractivity contribution is 7.15. The summed E-state index contributed by atoms with van der Waals surface area (Å²) in [6, 6.07) is 23.2. The molecule has 0 saturated carbocycles. The van der Waals surface area contributed by atoms with Crippen molar-refractivity contribution in [1.82, 2.24) is 0 Å². The molecule has 0 spiro atoms. The zero-order chi connectivity index (χ0) is 25.2. The lowest BCUT2D eigenvalue weighted by molar-refractivity contribution is 0.0960. The van der Waals surface area contributed by atoms with Gasteiger partial charge >= 0.3 is 0 Å². The van der Waals surface area contributed by atoms with Gasteiger partial charge in [-0.1, -0.05) is 12.1 Å². The summed E-state index contributed by atoms with van der Waals surface area (Å²) in [6.45, 7) is 2.19. The topological polar surface area (TPSA) is 51.9 Å². The van der Waals surface area contributed by atoms with Gasteiger partial charge in [0, 0.05) is 15.1 Å². The average Bonchev–Trinajstić information content (AvgIpc) is 3.54. The fraction of sp³-hybridized carbons (Fsp3) is 0.138. The molecule has 5 nitrogen and oxygen atoms in total. The lowest BCUT2D eigenvalue weighted by Crippen LogP contribution is -2.30. The Labute approximate surface area is 212 Å². The van der Waals surface area contributed by atoms with E-state index in [-0.39, 0.29) is 18.0 Å². The first kappa shape index (κ1) is 23.6. The number of fused-ring (bicyclic) bond motifs is 1. The average molecular weight is 502 g/mol. The third-order valence-electron chi connectivity index (χ3n) is 5.98. The minimum atomic E-state index is -0.480. The number of halogens is 1. The fourth-order valence-electron chi connectivity index (χ4n) is 4.13. The van der Waals surface area contributed by atoms with Gasteiger partial charge in [-0.3, -0.25) is 9.69 Å². The number of aryl methyl sites for hydroxylation is 1. The molecule has 7 heteroatoms. The van der Waals surface area contributed by atoms with E-state index in [9.17, 15) is 9.18 Å². The van der Waals surface area contributed by atoms with Crippen molar-refractivity contribution in [3.05, 3.63) is 101 Å². The van der Waals surface area contributed by atoms with E-state index in [0.29, 0.717) is 11.3 Å². The molecule has 0 aliphatic carbocycles. The third-order valence-corrected chi connectivity index (χ3v) is 7.10. The minimum absolute atomic E-state index is 0.129. The maximum atomic E-state index is 14.9. The van der Waals surface area contributed by atoms with E-state index in [1.54, 1.807) is 68.0 Å². The molecule has 0 atom stereocenters. The number of nitrogens with zero attached hydrogens (tertiary/aromatic N) is 1. The third kappa shape index (κ3) is 4.57. The van der Waals surface area contributed by atoms with Crippen LogP contribution in [0.5, 0.6) is 11.5 Å². The predicted molar refractivity (Wildman–Crippen MR) is 141 cm³/mol. The molecule has 5 rings (SSSR count). The van der Waals surface area contributed by atoms with Crippen LogP contribution in [0.2, 0.25) is 0 Å². The van der Waals surface area contributed by atoms with Gasteiger partial charge in [0.25, 0.3) is 5.91 Å². The molecule has 2 aromatic heterocycles. The first-order valence-electron chi connectivity index (χ1n) is 11.3. The van der Waals surface area contributed by atoms with Crippen LogP contribution in [0.25, 0.3) is 21.4 Å². The Morgan fingerprint density at radius 3 is 2.56 bits per heavy atom. The summed E-state index contributed by atoms with van der Waals surface area (Å²) >= 11 is 1.56. The summed E-state index contributed by atoms with van der Waals surface area (Å²) in [5.41, 5.74) is 2.84. The first-order valence-corrected chi connectivity index (χ1v) is 12.2. The highest BCUT2D eigenvalue weighted by atomic mass is 32.1. The summed E-state index contributed by atoms with van der Waals surface area (Å²) in [5.74, 6) is 0.712. The van der Waals surface area contributed by atoms with Crippen molar-refractivity contribution in [2.75, 3.05) is 19.1 Å². The highest BCUT2D eigenvalue weighted by Gasteiger charge is 2.25. The van der Waals surface area contributed by atoms with Crippen molar-refractivity contribution < 1.29 is 23.1 Å². The van der Waals surface area contributed by atoms with E-state index in [4.69, 9.17) is 13.9 Å². The van der Waals surface area contributed by atoms with Crippen molar-refractivity contribution in [2.45, 2.75) is 13.5 Å². The molecular weight excluding hydrogens is 477 g/mol. The van der Waals surface area contributed by atoms with Crippen LogP contribution in [0.4, 0.5) is 10.1 Å². The lowest BCUT2D eigenvalue weighted by atomic mass is 10.1. The van der Waals surface area contributed by atoms with E-state index in [1.165, 1.54) is 11.0 Å². The van der Waals surface area contributed by atoms with E-state index < -0.39 is 11.7 Å². The number of benzene rings is 3. The molecule has 0 aliphatic heterocycles. The second kappa shape index (κ2) is 9.87. The number of furan rings is 1. The Morgan fingerprint density at radius 2 is 1.81 bits per heavy atom. The summed E-state index contributed by atoms with van der Waals surface area (Å²) in [4.78, 5) is 17.0. The van der Waals surface area contributed by atoms with Crippen LogP contribution in [0.15, 0.2) is 83.3 Å². The second-order valence-electron chi connectivity index (χ2n) is 8.31. The Balaban J connectivity index is 1.49. The predicted octanol–water partition coefficient (Wildman–Crippen LogP) is 7.47. The van der Waals surface area contributed by atoms with Gasteiger partial charge in [-0.05, 0) is 84.8 Å². The molecule has 5 aromatic rings. The SMILES string of the molecule is COc1ccc2oc(C(=O)N(Cc3ccc(-c4ccc(OC)c(C)c4)s3)c3ccccc3F)cc2c1. The smallest absolute Gasteiger partial charge is 0.294 e. The van der Waals surface area contributed by atoms with Crippen LogP contribution in [-0.2, 0) is 6.54 Å². The Morgan fingerprint density at radius 1 is 0.972 bits per heavy atom. The molecule has 0 N–H and O–H groups in total. The van der Waals surface area contributed by atoms with Crippen molar-refractivity contribution in [3.63, 3.8) is 0 Å². The van der Waals surface area contributed by atoms with E-state index in [0.717, 1.165) is 32.0 Å². The normalized spacial score (nSPS) is 11.0. The van der Waals surface area contributed by atoms with Crippen molar-refractivity contribution in [1.29, 1.82) is 0 Å². The van der Waals surface area contributed by atoms with Gasteiger partial charge < -0.3 is 13.9 Å². The highest BCUT2D eigenvalue weighted by Crippen LogP contribution is 2.34. The van der Waals surface area contributed by atoms with Gasteiger partial charge in [-0.15, -0.1) is 11.3 Å². The lowest BCUT2D eigenvalue weighted by Gasteiger charge is -2.21. The molecule has 0 bridgehead atoms. The summed E-state index contributed by atoms with van der Waals surface area (Å²) in [6.07, 6.45) is 0. The molecule has 182 valence electrons. The number of hydrogen-bond acceptors (Lipinski definition) is 5. The number of rotatable bonds is 7. The zero-order valence-corrected chi connectivity index (χ0v) is 20.9. The number of carbonyl (C=O) groups excluding carboxylic acids is 1. The van der Waals surface area contributed by atoms with Crippen LogP contribution < -0.4 is 14.4 Å². The molecule has 3 aromatic carbocycles. The molecule has 0 fully saturated rings. The number of amides is 1. The van der Waals surface area contributed by atoms with Crippen LogP contribution >= 0.6 is 11.3 Å². The first-order chi connectivity index (χ1) is 17.5. The van der Waals surface area contributed by atoms with E-state index in [2.05, 4.69) is 6.07 Å². The molecule has 2 heterocycles. The zero-order valence-electron chi connectivity index (χ0n) is 20.1. The summed E-state index contributed by atoms with van der Waals surface area (Å²) in [7, 11) is 3.23. The number of para-hydroxylation sites is 1. The minimum Gasteiger partial charge on any atom is -0.497 e. The summed E-state index contributed by atoms with van der Waals surface area (Å²) < 4.78 is 31.3. The van der Waals surface area contributed by atoms with Gasteiger partial charge in [-0.2, -0.15) is 0 Å². The standard InChI is InChI=1S/C29H24FNO4S/c1-18-14-19(8-11-25(18)34-3)28-13-10-22(36-28)17-31(24-7-5-4-6-23(24)30)29(32)27-16-20-15-21(33-2)9-12-26(20)35-27/h4-16H,17H2,1-3H3. The van der Waals surface area contributed by atoms with E-state index in [1.807, 2.05) is 31.2 Å². The quantitative estimate of drug-likeness (QED) is 0.232. The van der Waals surface area contributed by atoms with E-state index >= 15 is 0 Å². The number of hydrogen-bond donors (Lipinski definition) is 0. The Bertz CT molecular complexity index is 1550. The van der Waals surface area contributed by atoms with Crippen LogP contribution in [0.1, 0.15) is 21.0 Å². The van der Waals surface area contributed by atoms with Crippen LogP contribution in [0.3, 0.4) is 0 Å². The van der Waals surface area contributed by atoms with Crippen molar-refractivity contribution in [2.24, 2.45) is 0 Å². The summed E-state index contributed by atoms with van der Waals surface area (Å²) in [5, 5.41) is 0.736. The molecule has 0 aliphatic rings. The molecule has 0 unspecified atom stereocenters. The molecule has 1 amide bonds. The largest absolute Gasteiger partial charge is 0.497 e. The number of carbonyl (C=O) groups is 1. The van der Waals surface area contributed by atoms with Crippen LogP contribution in [-0.4, -0.2) is 20.1 Å². The maximum Gasteiger partial charge on any atom is 0.294 e. The second-order valence-corrected chi connectivity index (χ2v) is 9.48. The molecule has 0 saturated heterocycles. The number of anilines is 1. The Hall–Kier alpha value is -4.10. The maximum absolute atomic E-state index is 14.9. The van der Waals surface area contributed by atoms with Crippen molar-refractivity contribution >= 4 is 33.9 Å². The number of ether oxygens (including phenoxy) is 2. The molecule has 0 radical (unpaired) electrons. The monoisotopic (exact) mass is 501 g/mol. The fourth-order valence-corrected chi connectivity index (χ4v) is 5.12. The Kier molecular flexibility index (Phi) is 6.48. The molecule has 36 heavy (non-hydrogen) atoms. The number of methoxy groups -OCH3 is 2. The van der Waals surface area contributed by atoms with Gasteiger partial charge in [0.05, 0.1) is 26.5 Å². The number of thiophene rings is 1. The molecular formula is C29H24FNO4S.